The second kappa shape index (κ2) is 5.92. The first kappa shape index (κ1) is 16.5. The first-order valence-corrected chi connectivity index (χ1v) is 8.21. The number of amides is 2. The molecule has 0 spiro atoms. The quantitative estimate of drug-likeness (QED) is 0.741. The lowest BCUT2D eigenvalue weighted by Crippen LogP contribution is -2.27. The molecule has 0 radical (unpaired) electrons. The Labute approximate surface area is 140 Å². The van der Waals surface area contributed by atoms with Gasteiger partial charge >= 0.3 is 5.97 Å². The molecular weight excluding hydrogens is 308 g/mol. The lowest BCUT2D eigenvalue weighted by Gasteiger charge is -2.08. The first-order chi connectivity index (χ1) is 11.3. The van der Waals surface area contributed by atoms with Crippen molar-refractivity contribution < 1.29 is 19.5 Å². The predicted octanol–water partition coefficient (Wildman–Crippen LogP) is 1.80. The van der Waals surface area contributed by atoms with Gasteiger partial charge in [-0.25, -0.2) is 0 Å². The van der Waals surface area contributed by atoms with E-state index in [1.807, 2.05) is 6.07 Å². The van der Waals surface area contributed by atoms with Crippen LogP contribution in [0.4, 0.5) is 5.69 Å². The van der Waals surface area contributed by atoms with E-state index in [9.17, 15) is 19.5 Å². The van der Waals surface area contributed by atoms with Gasteiger partial charge in [0.2, 0.25) is 11.8 Å². The molecule has 3 rings (SSSR count). The summed E-state index contributed by atoms with van der Waals surface area (Å²) in [6, 6.07) is 7.44. The van der Waals surface area contributed by atoms with Crippen LogP contribution in [0.15, 0.2) is 24.3 Å². The van der Waals surface area contributed by atoms with Crippen LogP contribution in [0, 0.1) is 17.3 Å². The van der Waals surface area contributed by atoms with Crippen molar-refractivity contribution in [3.63, 3.8) is 0 Å². The monoisotopic (exact) mass is 330 g/mol. The SMILES string of the molecule is CC1(C)[C@H](C(=O)O)[C@@H]1C(=O)Nc1cccc(CC(=O)NC2CC2)c1. The largest absolute Gasteiger partial charge is 0.481 e. The molecule has 1 aromatic rings. The van der Waals surface area contributed by atoms with Crippen LogP contribution in [0.25, 0.3) is 0 Å². The summed E-state index contributed by atoms with van der Waals surface area (Å²) in [6.07, 6.45) is 2.36. The van der Waals surface area contributed by atoms with Gasteiger partial charge in [-0.1, -0.05) is 26.0 Å². The minimum Gasteiger partial charge on any atom is -0.481 e. The lowest BCUT2D eigenvalue weighted by molar-refractivity contribution is -0.140. The average Bonchev–Trinajstić information content (AvgIpc) is 3.36. The number of carboxylic acid groups (broad SMARTS) is 1. The molecule has 0 aromatic heterocycles. The summed E-state index contributed by atoms with van der Waals surface area (Å²) < 4.78 is 0. The summed E-state index contributed by atoms with van der Waals surface area (Å²) in [7, 11) is 0. The van der Waals surface area contributed by atoms with Crippen LogP contribution in [0.5, 0.6) is 0 Å². The highest BCUT2D eigenvalue weighted by atomic mass is 16.4. The summed E-state index contributed by atoms with van der Waals surface area (Å²) in [5, 5.41) is 14.9. The molecule has 6 heteroatoms. The van der Waals surface area contributed by atoms with E-state index < -0.39 is 23.2 Å². The maximum absolute atomic E-state index is 12.3. The van der Waals surface area contributed by atoms with Gasteiger partial charge in [-0.3, -0.25) is 14.4 Å². The Hall–Kier alpha value is -2.37. The molecule has 0 heterocycles. The van der Waals surface area contributed by atoms with Crippen molar-refractivity contribution in [2.24, 2.45) is 17.3 Å². The Morgan fingerprint density at radius 2 is 1.92 bits per heavy atom. The Kier molecular flexibility index (Phi) is 4.07. The van der Waals surface area contributed by atoms with Gasteiger partial charge in [-0.15, -0.1) is 0 Å². The molecule has 0 aliphatic heterocycles. The Bertz CT molecular complexity index is 694. The summed E-state index contributed by atoms with van der Waals surface area (Å²) in [4.78, 5) is 35.4. The third kappa shape index (κ3) is 3.42. The highest BCUT2D eigenvalue weighted by Gasteiger charge is 2.65. The molecule has 6 nitrogen and oxygen atoms in total. The predicted molar refractivity (Wildman–Crippen MR) is 88.3 cm³/mol. The van der Waals surface area contributed by atoms with Crippen LogP contribution in [-0.4, -0.2) is 28.9 Å². The zero-order chi connectivity index (χ0) is 17.5. The number of rotatable bonds is 6. The van der Waals surface area contributed by atoms with Gasteiger partial charge < -0.3 is 15.7 Å². The summed E-state index contributed by atoms with van der Waals surface area (Å²) in [6.45, 7) is 3.57. The van der Waals surface area contributed by atoms with E-state index in [0.717, 1.165) is 18.4 Å². The van der Waals surface area contributed by atoms with Crippen molar-refractivity contribution in [2.75, 3.05) is 5.32 Å². The zero-order valence-corrected chi connectivity index (χ0v) is 13.8. The normalized spacial score (nSPS) is 24.1. The molecule has 2 amide bonds. The van der Waals surface area contributed by atoms with E-state index >= 15 is 0 Å². The van der Waals surface area contributed by atoms with Gasteiger partial charge in [0.25, 0.3) is 0 Å². The number of hydrogen-bond acceptors (Lipinski definition) is 3. The van der Waals surface area contributed by atoms with E-state index in [1.165, 1.54) is 0 Å². The van der Waals surface area contributed by atoms with Gasteiger partial charge in [0.15, 0.2) is 0 Å². The van der Waals surface area contributed by atoms with Crippen molar-refractivity contribution in [1.82, 2.24) is 5.32 Å². The standard InChI is InChI=1S/C18H22N2O4/c1-18(2)14(15(18)17(23)24)16(22)20-12-5-3-4-10(8-12)9-13(21)19-11-6-7-11/h3-5,8,11,14-15H,6-7,9H2,1-2H3,(H,19,21)(H,20,22)(H,23,24)/t14-,15+/m1/s1. The molecule has 0 saturated heterocycles. The fourth-order valence-electron chi connectivity index (χ4n) is 3.26. The highest BCUT2D eigenvalue weighted by Crippen LogP contribution is 2.58. The third-order valence-corrected chi connectivity index (χ3v) is 4.88. The van der Waals surface area contributed by atoms with Crippen LogP contribution in [0.1, 0.15) is 32.3 Å². The van der Waals surface area contributed by atoms with E-state index in [1.54, 1.807) is 32.0 Å². The topological polar surface area (TPSA) is 95.5 Å². The van der Waals surface area contributed by atoms with Gasteiger partial charge in [0.05, 0.1) is 18.3 Å². The number of anilines is 1. The van der Waals surface area contributed by atoms with Crippen molar-refractivity contribution in [2.45, 2.75) is 39.2 Å². The molecule has 24 heavy (non-hydrogen) atoms. The molecule has 2 saturated carbocycles. The van der Waals surface area contributed by atoms with Gasteiger partial charge in [0, 0.05) is 11.7 Å². The fourth-order valence-corrected chi connectivity index (χ4v) is 3.26. The molecule has 0 unspecified atom stereocenters. The first-order valence-electron chi connectivity index (χ1n) is 8.21. The number of carbonyl (C=O) groups is 3. The lowest BCUT2D eigenvalue weighted by atomic mass is 10.1. The Morgan fingerprint density at radius 1 is 1.21 bits per heavy atom. The smallest absolute Gasteiger partial charge is 0.307 e. The fraction of sp³-hybridized carbons (Fsp3) is 0.500. The van der Waals surface area contributed by atoms with E-state index in [4.69, 9.17) is 0 Å². The third-order valence-electron chi connectivity index (χ3n) is 4.88. The second-order valence-corrected chi connectivity index (χ2v) is 7.32. The van der Waals surface area contributed by atoms with Gasteiger partial charge in [-0.05, 0) is 36.0 Å². The van der Waals surface area contributed by atoms with E-state index in [-0.39, 0.29) is 18.2 Å². The van der Waals surface area contributed by atoms with Crippen LogP contribution >= 0.6 is 0 Å². The van der Waals surface area contributed by atoms with Crippen LogP contribution in [0.2, 0.25) is 0 Å². The maximum Gasteiger partial charge on any atom is 0.307 e. The van der Waals surface area contributed by atoms with Crippen molar-refractivity contribution in [3.05, 3.63) is 29.8 Å². The molecular formula is C18H22N2O4. The summed E-state index contributed by atoms with van der Waals surface area (Å²) >= 11 is 0. The molecule has 2 aliphatic rings. The highest BCUT2D eigenvalue weighted by molar-refractivity contribution is 5.99. The minimum atomic E-state index is -0.939. The van der Waals surface area contributed by atoms with E-state index in [0.29, 0.717) is 11.7 Å². The minimum absolute atomic E-state index is 0.0183. The number of hydrogen-bond donors (Lipinski definition) is 3. The van der Waals surface area contributed by atoms with Crippen molar-refractivity contribution in [3.8, 4) is 0 Å². The molecule has 1 aromatic carbocycles. The molecule has 2 fully saturated rings. The average molecular weight is 330 g/mol. The number of aliphatic carboxylic acids is 1. The number of carboxylic acids is 1. The summed E-state index contributed by atoms with van der Waals surface area (Å²) in [5.74, 6) is -2.42. The molecule has 128 valence electrons. The van der Waals surface area contributed by atoms with Gasteiger partial charge in [0.1, 0.15) is 0 Å². The zero-order valence-electron chi connectivity index (χ0n) is 13.8. The maximum atomic E-state index is 12.3. The molecule has 2 atom stereocenters. The molecule has 2 aliphatic carbocycles. The van der Waals surface area contributed by atoms with Crippen LogP contribution in [0.3, 0.4) is 0 Å². The molecule has 0 bridgehead atoms. The van der Waals surface area contributed by atoms with Gasteiger partial charge in [-0.2, -0.15) is 0 Å². The van der Waals surface area contributed by atoms with Crippen LogP contribution in [-0.2, 0) is 20.8 Å². The number of nitrogens with one attached hydrogen (secondary N) is 2. The summed E-state index contributed by atoms with van der Waals surface area (Å²) in [5.41, 5.74) is 0.872. The second-order valence-electron chi connectivity index (χ2n) is 7.32. The van der Waals surface area contributed by atoms with E-state index in [2.05, 4.69) is 10.6 Å². The Balaban J connectivity index is 1.61. The van der Waals surface area contributed by atoms with Crippen LogP contribution < -0.4 is 10.6 Å². The molecule has 3 N–H and O–H groups in total. The Morgan fingerprint density at radius 3 is 2.50 bits per heavy atom. The van der Waals surface area contributed by atoms with Crippen molar-refractivity contribution in [1.29, 1.82) is 0 Å². The number of carbonyl (C=O) groups excluding carboxylic acids is 2. The van der Waals surface area contributed by atoms with Crippen molar-refractivity contribution >= 4 is 23.5 Å². The number of benzene rings is 1.